The summed E-state index contributed by atoms with van der Waals surface area (Å²) in [5.41, 5.74) is 2.85. The van der Waals surface area contributed by atoms with Crippen LogP contribution in [-0.4, -0.2) is 57.6 Å². The van der Waals surface area contributed by atoms with Crippen LogP contribution in [0.1, 0.15) is 27.9 Å². The number of aliphatic imine (C=N–C) groups is 1. The van der Waals surface area contributed by atoms with E-state index in [1.54, 1.807) is 26.0 Å². The second-order valence-electron chi connectivity index (χ2n) is 7.19. The average molecular weight is 431 g/mol. The van der Waals surface area contributed by atoms with Crippen molar-refractivity contribution in [2.24, 2.45) is 4.99 Å². The number of amides is 1. The largest absolute Gasteiger partial charge is 0.493 e. The van der Waals surface area contributed by atoms with E-state index in [0.29, 0.717) is 17.2 Å². The number of hydrogen-bond acceptors (Lipinski definition) is 3. The maximum absolute atomic E-state index is 12.1. The van der Waals surface area contributed by atoms with Gasteiger partial charge in [0, 0.05) is 44.8 Å². The van der Waals surface area contributed by atoms with Gasteiger partial charge in [-0.1, -0.05) is 23.7 Å². The first-order valence-electron chi connectivity index (χ1n) is 10.0. The van der Waals surface area contributed by atoms with Crippen LogP contribution >= 0.6 is 11.6 Å². The number of nitrogens with zero attached hydrogens (tertiary/aromatic N) is 2. The van der Waals surface area contributed by atoms with Crippen molar-refractivity contribution in [3.8, 4) is 5.75 Å². The van der Waals surface area contributed by atoms with Gasteiger partial charge in [-0.25, -0.2) is 0 Å². The van der Waals surface area contributed by atoms with Crippen LogP contribution in [0.2, 0.25) is 5.02 Å². The molecule has 0 saturated heterocycles. The zero-order valence-electron chi connectivity index (χ0n) is 18.2. The van der Waals surface area contributed by atoms with Gasteiger partial charge in [0.15, 0.2) is 5.96 Å². The lowest BCUT2D eigenvalue weighted by molar-refractivity contribution is 0.0827. The Hall–Kier alpha value is -2.73. The maximum Gasteiger partial charge on any atom is 0.253 e. The van der Waals surface area contributed by atoms with Crippen LogP contribution in [0.25, 0.3) is 0 Å². The van der Waals surface area contributed by atoms with Crippen LogP contribution in [-0.2, 0) is 6.42 Å². The first-order valence-corrected chi connectivity index (χ1v) is 10.4. The number of nitrogens with one attached hydrogen (secondary N) is 2. The summed E-state index contributed by atoms with van der Waals surface area (Å²) in [7, 11) is 5.26. The molecule has 0 spiro atoms. The number of rotatable bonds is 9. The Morgan fingerprint density at radius 1 is 1.13 bits per heavy atom. The van der Waals surface area contributed by atoms with Gasteiger partial charge in [-0.2, -0.15) is 0 Å². The second-order valence-corrected chi connectivity index (χ2v) is 7.62. The highest BCUT2D eigenvalue weighted by molar-refractivity contribution is 6.30. The van der Waals surface area contributed by atoms with Gasteiger partial charge >= 0.3 is 0 Å². The molecule has 7 heteroatoms. The average Bonchev–Trinajstić information content (AvgIpc) is 2.73. The molecule has 0 fully saturated rings. The third kappa shape index (κ3) is 7.59. The summed E-state index contributed by atoms with van der Waals surface area (Å²) < 4.78 is 5.80. The number of hydrogen-bond donors (Lipinski definition) is 2. The number of aryl methyl sites for hydroxylation is 1. The van der Waals surface area contributed by atoms with Crippen LogP contribution in [0, 0.1) is 6.92 Å². The zero-order chi connectivity index (χ0) is 21.9. The third-order valence-corrected chi connectivity index (χ3v) is 4.75. The number of ether oxygens (including phenoxy) is 1. The van der Waals surface area contributed by atoms with E-state index in [1.165, 1.54) is 0 Å². The smallest absolute Gasteiger partial charge is 0.253 e. The summed E-state index contributed by atoms with van der Waals surface area (Å²) in [5.74, 6) is 1.62. The Labute approximate surface area is 184 Å². The van der Waals surface area contributed by atoms with Gasteiger partial charge in [-0.3, -0.25) is 9.79 Å². The molecule has 0 bridgehead atoms. The molecule has 2 rings (SSSR count). The number of halogens is 1. The van der Waals surface area contributed by atoms with E-state index in [2.05, 4.69) is 15.6 Å². The SMILES string of the molecule is CN=C(NCCCOc1ccc(Cl)cc1C)NCCc1cccc(C(=O)N(C)C)c1. The van der Waals surface area contributed by atoms with Crippen molar-refractivity contribution < 1.29 is 9.53 Å². The Kier molecular flexibility index (Phi) is 9.48. The normalized spacial score (nSPS) is 11.2. The molecule has 2 N–H and O–H groups in total. The Morgan fingerprint density at radius 3 is 2.60 bits per heavy atom. The molecule has 0 aliphatic carbocycles. The molecular weight excluding hydrogens is 400 g/mol. The monoisotopic (exact) mass is 430 g/mol. The molecule has 1 amide bonds. The molecule has 2 aromatic rings. The number of guanidine groups is 1. The molecule has 0 radical (unpaired) electrons. The molecule has 30 heavy (non-hydrogen) atoms. The van der Waals surface area contributed by atoms with Crippen molar-refractivity contribution >= 4 is 23.5 Å². The standard InChI is InChI=1S/C23H31ClN4O2/c1-17-15-20(24)9-10-21(17)30-14-6-12-26-23(25-2)27-13-11-18-7-5-8-19(16-18)22(29)28(3)4/h5,7-10,15-16H,6,11-14H2,1-4H3,(H2,25,26,27). The number of benzene rings is 2. The molecule has 0 atom stereocenters. The van der Waals surface area contributed by atoms with Crippen LogP contribution in [0.15, 0.2) is 47.5 Å². The molecule has 2 aromatic carbocycles. The van der Waals surface area contributed by atoms with Crippen LogP contribution < -0.4 is 15.4 Å². The molecule has 0 aliphatic heterocycles. The summed E-state index contributed by atoms with van der Waals surface area (Å²) in [5, 5.41) is 7.30. The zero-order valence-corrected chi connectivity index (χ0v) is 18.9. The fourth-order valence-corrected chi connectivity index (χ4v) is 3.13. The Morgan fingerprint density at radius 2 is 1.90 bits per heavy atom. The predicted octanol–water partition coefficient (Wildman–Crippen LogP) is 3.53. The van der Waals surface area contributed by atoms with Crippen LogP contribution in [0.4, 0.5) is 0 Å². The van der Waals surface area contributed by atoms with Gasteiger partial charge in [0.2, 0.25) is 0 Å². The highest BCUT2D eigenvalue weighted by Gasteiger charge is 2.08. The topological polar surface area (TPSA) is 66.0 Å². The van der Waals surface area contributed by atoms with Gasteiger partial charge in [0.1, 0.15) is 5.75 Å². The molecule has 0 saturated carbocycles. The highest BCUT2D eigenvalue weighted by atomic mass is 35.5. The second kappa shape index (κ2) is 12.1. The van der Waals surface area contributed by atoms with E-state index < -0.39 is 0 Å². The van der Waals surface area contributed by atoms with Crippen molar-refractivity contribution in [2.75, 3.05) is 40.8 Å². The summed E-state index contributed by atoms with van der Waals surface area (Å²) in [6.45, 7) is 4.06. The first kappa shape index (κ1) is 23.5. The molecular formula is C23H31ClN4O2. The molecule has 162 valence electrons. The van der Waals surface area contributed by atoms with Gasteiger partial charge in [-0.15, -0.1) is 0 Å². The highest BCUT2D eigenvalue weighted by Crippen LogP contribution is 2.21. The van der Waals surface area contributed by atoms with Crippen molar-refractivity contribution in [3.63, 3.8) is 0 Å². The van der Waals surface area contributed by atoms with E-state index >= 15 is 0 Å². The lowest BCUT2D eigenvalue weighted by atomic mass is 10.1. The number of carbonyl (C=O) groups is 1. The first-order chi connectivity index (χ1) is 14.4. The minimum Gasteiger partial charge on any atom is -0.493 e. The predicted molar refractivity (Wildman–Crippen MR) is 124 cm³/mol. The van der Waals surface area contributed by atoms with Gasteiger partial charge in [-0.05, 0) is 61.2 Å². The van der Waals surface area contributed by atoms with E-state index in [1.807, 2.05) is 49.4 Å². The summed E-state index contributed by atoms with van der Waals surface area (Å²) >= 11 is 5.96. The number of carbonyl (C=O) groups excluding carboxylic acids is 1. The van der Waals surface area contributed by atoms with Crippen molar-refractivity contribution in [3.05, 3.63) is 64.2 Å². The van der Waals surface area contributed by atoms with Crippen LogP contribution in [0.3, 0.4) is 0 Å². The quantitative estimate of drug-likeness (QED) is 0.363. The van der Waals surface area contributed by atoms with Gasteiger partial charge in [0.25, 0.3) is 5.91 Å². The minimum atomic E-state index is 0.0123. The van der Waals surface area contributed by atoms with Crippen LogP contribution in [0.5, 0.6) is 5.75 Å². The molecule has 6 nitrogen and oxygen atoms in total. The van der Waals surface area contributed by atoms with E-state index in [9.17, 15) is 4.79 Å². The third-order valence-electron chi connectivity index (χ3n) is 4.52. The van der Waals surface area contributed by atoms with Gasteiger partial charge < -0.3 is 20.3 Å². The van der Waals surface area contributed by atoms with E-state index in [0.717, 1.165) is 48.8 Å². The summed E-state index contributed by atoms with van der Waals surface area (Å²) in [6.07, 6.45) is 1.64. The van der Waals surface area contributed by atoms with Crippen molar-refractivity contribution in [2.45, 2.75) is 19.8 Å². The van der Waals surface area contributed by atoms with E-state index in [-0.39, 0.29) is 5.91 Å². The maximum atomic E-state index is 12.1. The molecule has 0 unspecified atom stereocenters. The lowest BCUT2D eigenvalue weighted by Gasteiger charge is -2.14. The van der Waals surface area contributed by atoms with E-state index in [4.69, 9.17) is 16.3 Å². The molecule has 0 heterocycles. The fourth-order valence-electron chi connectivity index (χ4n) is 2.90. The minimum absolute atomic E-state index is 0.0123. The van der Waals surface area contributed by atoms with Crippen molar-refractivity contribution in [1.29, 1.82) is 0 Å². The Bertz CT molecular complexity index is 868. The summed E-state index contributed by atoms with van der Waals surface area (Å²) in [4.78, 5) is 17.9. The Balaban J connectivity index is 1.69. The fraction of sp³-hybridized carbons (Fsp3) is 0.391. The van der Waals surface area contributed by atoms with Gasteiger partial charge in [0.05, 0.1) is 6.61 Å². The lowest BCUT2D eigenvalue weighted by Crippen LogP contribution is -2.39. The van der Waals surface area contributed by atoms with Crippen molar-refractivity contribution in [1.82, 2.24) is 15.5 Å². The molecule has 0 aliphatic rings. The molecule has 0 aromatic heterocycles. The summed E-state index contributed by atoms with van der Waals surface area (Å²) in [6, 6.07) is 13.4.